The van der Waals surface area contributed by atoms with Crippen molar-refractivity contribution in [2.45, 2.75) is 18.8 Å². The maximum atomic E-state index is 5.90. The molecule has 0 radical (unpaired) electrons. The van der Waals surface area contributed by atoms with Crippen LogP contribution >= 0.6 is 0 Å². The van der Waals surface area contributed by atoms with E-state index in [1.165, 1.54) is 0 Å². The molecular formula is C18H18N6O. The predicted octanol–water partition coefficient (Wildman–Crippen LogP) is 2.84. The minimum absolute atomic E-state index is 0.306. The Morgan fingerprint density at radius 1 is 0.880 bits per heavy atom. The maximum Gasteiger partial charge on any atom is 0.241 e. The number of ether oxygens (including phenoxy) is 1. The SMILES string of the molecule is c1cnc(N2CCC(c3nccnc3Oc3cccnc3)CC2)nc1. The first kappa shape index (κ1) is 15.4. The standard InChI is InChI=1S/C18H18N6O/c1-3-15(13-19-6-1)25-17-16(20-9-10-21-17)14-4-11-24(12-5-14)18-22-7-2-8-23-18/h1-3,6-10,13-14H,4-5,11-12H2. The van der Waals surface area contributed by atoms with E-state index in [4.69, 9.17) is 4.74 Å². The van der Waals surface area contributed by atoms with Gasteiger partial charge < -0.3 is 9.64 Å². The second-order valence-electron chi connectivity index (χ2n) is 5.85. The van der Waals surface area contributed by atoms with E-state index in [2.05, 4.69) is 29.8 Å². The fraction of sp³-hybridized carbons (Fsp3) is 0.278. The Morgan fingerprint density at radius 3 is 2.44 bits per heavy atom. The second kappa shape index (κ2) is 7.21. The summed E-state index contributed by atoms with van der Waals surface area (Å²) in [6, 6.07) is 5.53. The summed E-state index contributed by atoms with van der Waals surface area (Å²) in [4.78, 5) is 23.8. The van der Waals surface area contributed by atoms with Gasteiger partial charge in [-0.3, -0.25) is 9.97 Å². The Bertz CT molecular complexity index is 806. The van der Waals surface area contributed by atoms with Gasteiger partial charge in [-0.2, -0.15) is 0 Å². The van der Waals surface area contributed by atoms with Crippen LogP contribution < -0.4 is 9.64 Å². The number of rotatable bonds is 4. The zero-order valence-corrected chi connectivity index (χ0v) is 13.7. The number of anilines is 1. The van der Waals surface area contributed by atoms with E-state index in [1.807, 2.05) is 18.2 Å². The van der Waals surface area contributed by atoms with E-state index >= 15 is 0 Å². The van der Waals surface area contributed by atoms with Gasteiger partial charge in [-0.25, -0.2) is 15.0 Å². The fourth-order valence-electron chi connectivity index (χ4n) is 3.02. The minimum Gasteiger partial charge on any atom is -0.436 e. The molecule has 25 heavy (non-hydrogen) atoms. The van der Waals surface area contributed by atoms with E-state index in [-0.39, 0.29) is 0 Å². The topological polar surface area (TPSA) is 76.9 Å². The Balaban J connectivity index is 1.48. The van der Waals surface area contributed by atoms with Crippen molar-refractivity contribution in [2.24, 2.45) is 0 Å². The lowest BCUT2D eigenvalue weighted by atomic mass is 9.93. The number of piperidine rings is 1. The number of aromatic nitrogens is 5. The second-order valence-corrected chi connectivity index (χ2v) is 5.85. The molecule has 3 aromatic rings. The largest absolute Gasteiger partial charge is 0.436 e. The molecule has 0 N–H and O–H groups in total. The molecule has 0 unspecified atom stereocenters. The third-order valence-corrected chi connectivity index (χ3v) is 4.26. The van der Waals surface area contributed by atoms with E-state index < -0.39 is 0 Å². The van der Waals surface area contributed by atoms with E-state index in [9.17, 15) is 0 Å². The van der Waals surface area contributed by atoms with Crippen LogP contribution in [0.1, 0.15) is 24.5 Å². The van der Waals surface area contributed by atoms with Crippen LogP contribution in [0.25, 0.3) is 0 Å². The highest BCUT2D eigenvalue weighted by molar-refractivity contribution is 5.33. The fourth-order valence-corrected chi connectivity index (χ4v) is 3.02. The first-order valence-corrected chi connectivity index (χ1v) is 8.31. The van der Waals surface area contributed by atoms with Crippen molar-refractivity contribution in [1.29, 1.82) is 0 Å². The maximum absolute atomic E-state index is 5.90. The van der Waals surface area contributed by atoms with E-state index in [0.29, 0.717) is 17.5 Å². The molecule has 4 rings (SSSR count). The summed E-state index contributed by atoms with van der Waals surface area (Å²) in [5.74, 6) is 2.32. The Morgan fingerprint density at radius 2 is 1.68 bits per heavy atom. The summed E-state index contributed by atoms with van der Waals surface area (Å²) in [5, 5.41) is 0. The molecule has 0 aliphatic carbocycles. The molecule has 0 bridgehead atoms. The van der Waals surface area contributed by atoms with Gasteiger partial charge in [0, 0.05) is 50.0 Å². The molecule has 0 atom stereocenters. The average Bonchev–Trinajstić information content (AvgIpc) is 2.70. The van der Waals surface area contributed by atoms with Crippen LogP contribution in [0.4, 0.5) is 5.95 Å². The van der Waals surface area contributed by atoms with Crippen LogP contribution in [-0.4, -0.2) is 38.0 Å². The smallest absolute Gasteiger partial charge is 0.241 e. The zero-order chi connectivity index (χ0) is 16.9. The number of hydrogen-bond acceptors (Lipinski definition) is 7. The van der Waals surface area contributed by atoms with E-state index in [0.717, 1.165) is 37.6 Å². The van der Waals surface area contributed by atoms with Crippen molar-refractivity contribution in [3.05, 3.63) is 61.1 Å². The third-order valence-electron chi connectivity index (χ3n) is 4.26. The van der Waals surface area contributed by atoms with Gasteiger partial charge in [-0.05, 0) is 31.0 Å². The first-order chi connectivity index (χ1) is 12.4. The molecule has 0 amide bonds. The van der Waals surface area contributed by atoms with Crippen LogP contribution in [0.15, 0.2) is 55.4 Å². The van der Waals surface area contributed by atoms with Crippen molar-refractivity contribution in [3.8, 4) is 11.6 Å². The van der Waals surface area contributed by atoms with Crippen molar-refractivity contribution in [1.82, 2.24) is 24.9 Å². The van der Waals surface area contributed by atoms with Crippen LogP contribution in [0, 0.1) is 0 Å². The molecule has 0 saturated carbocycles. The van der Waals surface area contributed by atoms with Gasteiger partial charge >= 0.3 is 0 Å². The lowest BCUT2D eigenvalue weighted by Gasteiger charge is -2.31. The van der Waals surface area contributed by atoms with Crippen molar-refractivity contribution < 1.29 is 4.74 Å². The van der Waals surface area contributed by atoms with Gasteiger partial charge in [0.1, 0.15) is 11.4 Å². The average molecular weight is 334 g/mol. The molecule has 1 aliphatic rings. The normalized spacial score (nSPS) is 15.1. The summed E-state index contributed by atoms with van der Waals surface area (Å²) in [6.07, 6.45) is 12.2. The summed E-state index contributed by atoms with van der Waals surface area (Å²) in [5.41, 5.74) is 0.903. The molecule has 0 aromatic carbocycles. The number of hydrogen-bond donors (Lipinski definition) is 0. The molecule has 1 aliphatic heterocycles. The highest BCUT2D eigenvalue weighted by Gasteiger charge is 2.26. The van der Waals surface area contributed by atoms with Crippen LogP contribution in [0.5, 0.6) is 11.6 Å². The van der Waals surface area contributed by atoms with Gasteiger partial charge in [-0.15, -0.1) is 0 Å². The van der Waals surface area contributed by atoms with Gasteiger partial charge in [0.25, 0.3) is 0 Å². The number of pyridine rings is 1. The zero-order valence-electron chi connectivity index (χ0n) is 13.7. The Kier molecular flexibility index (Phi) is 4.45. The van der Waals surface area contributed by atoms with Gasteiger partial charge in [0.05, 0.1) is 6.20 Å². The minimum atomic E-state index is 0.306. The van der Waals surface area contributed by atoms with Gasteiger partial charge in [0.2, 0.25) is 11.8 Å². The quantitative estimate of drug-likeness (QED) is 0.726. The first-order valence-electron chi connectivity index (χ1n) is 8.31. The van der Waals surface area contributed by atoms with Gasteiger partial charge in [-0.1, -0.05) is 0 Å². The van der Waals surface area contributed by atoms with Crippen LogP contribution in [0.3, 0.4) is 0 Å². The summed E-state index contributed by atoms with van der Waals surface area (Å²) in [6.45, 7) is 1.77. The monoisotopic (exact) mass is 334 g/mol. The predicted molar refractivity (Wildman–Crippen MR) is 92.6 cm³/mol. The number of nitrogens with zero attached hydrogens (tertiary/aromatic N) is 6. The summed E-state index contributed by atoms with van der Waals surface area (Å²) in [7, 11) is 0. The highest BCUT2D eigenvalue weighted by Crippen LogP contribution is 2.33. The van der Waals surface area contributed by atoms with Crippen LogP contribution in [-0.2, 0) is 0 Å². The van der Waals surface area contributed by atoms with Crippen molar-refractivity contribution in [2.75, 3.05) is 18.0 Å². The van der Waals surface area contributed by atoms with Crippen molar-refractivity contribution >= 4 is 5.95 Å². The molecular weight excluding hydrogens is 316 g/mol. The molecule has 1 saturated heterocycles. The molecule has 0 spiro atoms. The molecule has 4 heterocycles. The van der Waals surface area contributed by atoms with Gasteiger partial charge in [0.15, 0.2) is 0 Å². The third kappa shape index (κ3) is 3.55. The molecule has 3 aromatic heterocycles. The Labute approximate surface area is 145 Å². The van der Waals surface area contributed by atoms with Crippen molar-refractivity contribution in [3.63, 3.8) is 0 Å². The lowest BCUT2D eigenvalue weighted by Crippen LogP contribution is -2.34. The summed E-state index contributed by atoms with van der Waals surface area (Å²) < 4.78 is 5.90. The lowest BCUT2D eigenvalue weighted by molar-refractivity contribution is 0.422. The Hall–Kier alpha value is -3.09. The molecule has 7 nitrogen and oxygen atoms in total. The van der Waals surface area contributed by atoms with E-state index in [1.54, 1.807) is 37.2 Å². The molecule has 1 fully saturated rings. The molecule has 7 heteroatoms. The summed E-state index contributed by atoms with van der Waals surface area (Å²) >= 11 is 0. The van der Waals surface area contributed by atoms with Crippen LogP contribution in [0.2, 0.25) is 0 Å². The molecule has 126 valence electrons. The highest BCUT2D eigenvalue weighted by atomic mass is 16.5.